The van der Waals surface area contributed by atoms with Crippen LogP contribution in [0.2, 0.25) is 0 Å². The number of rotatable bonds is 5. The van der Waals surface area contributed by atoms with E-state index in [2.05, 4.69) is 48.5 Å². The number of aryl methyl sites for hydroxylation is 1. The average molecular weight is 527 g/mol. The van der Waals surface area contributed by atoms with E-state index in [-0.39, 0.29) is 11.2 Å². The van der Waals surface area contributed by atoms with Crippen LogP contribution in [0.25, 0.3) is 11.4 Å². The number of benzene rings is 3. The van der Waals surface area contributed by atoms with Crippen molar-refractivity contribution in [3.63, 3.8) is 0 Å². The number of nitrogens with one attached hydrogen (secondary N) is 1. The molecule has 0 unspecified atom stereocenters. The Labute approximate surface area is 226 Å². The van der Waals surface area contributed by atoms with Crippen LogP contribution in [0.5, 0.6) is 0 Å². The van der Waals surface area contributed by atoms with E-state index >= 15 is 0 Å². The summed E-state index contributed by atoms with van der Waals surface area (Å²) in [6.45, 7) is 8.54. The first kappa shape index (κ1) is 25.7. The predicted octanol–water partition coefficient (Wildman–Crippen LogP) is 5.98. The van der Waals surface area contributed by atoms with E-state index < -0.39 is 17.3 Å². The summed E-state index contributed by atoms with van der Waals surface area (Å²) in [6, 6.07) is 22.7. The van der Waals surface area contributed by atoms with Crippen molar-refractivity contribution < 1.29 is 14.3 Å². The number of methoxy groups -OCH3 is 1. The number of hydrogen-bond acceptors (Lipinski definition) is 7. The van der Waals surface area contributed by atoms with E-state index in [0.29, 0.717) is 22.1 Å². The molecule has 7 nitrogen and oxygen atoms in total. The molecule has 1 aliphatic rings. The van der Waals surface area contributed by atoms with Crippen LogP contribution in [0, 0.1) is 6.92 Å². The largest absolute Gasteiger partial charge is 0.465 e. The van der Waals surface area contributed by atoms with Crippen LogP contribution < -0.4 is 5.43 Å². The molecule has 5 rings (SSSR count). The fourth-order valence-corrected chi connectivity index (χ4v) is 5.59. The van der Waals surface area contributed by atoms with Crippen molar-refractivity contribution in [2.75, 3.05) is 12.5 Å². The van der Waals surface area contributed by atoms with E-state index in [1.807, 2.05) is 60.1 Å². The minimum absolute atomic E-state index is 0.00475. The zero-order valence-corrected chi connectivity index (χ0v) is 22.9. The molecule has 0 saturated heterocycles. The van der Waals surface area contributed by atoms with Gasteiger partial charge in [-0.15, -0.1) is 10.2 Å². The van der Waals surface area contributed by atoms with Crippen molar-refractivity contribution in [2.24, 2.45) is 0 Å². The topological polar surface area (TPSA) is 86.1 Å². The molecular weight excluding hydrogens is 496 g/mol. The highest BCUT2D eigenvalue weighted by molar-refractivity contribution is 8.00. The van der Waals surface area contributed by atoms with Crippen LogP contribution in [-0.4, -0.2) is 39.0 Å². The number of Topliss-reactive ketones (excluding diaryl/α,β-unsaturated/α-hetero) is 1. The summed E-state index contributed by atoms with van der Waals surface area (Å²) in [6.07, 6.45) is 0. The Hall–Kier alpha value is -3.91. The van der Waals surface area contributed by atoms with Crippen LogP contribution >= 0.6 is 11.8 Å². The highest BCUT2D eigenvalue weighted by atomic mass is 32.2. The van der Waals surface area contributed by atoms with Crippen molar-refractivity contribution >= 4 is 23.5 Å². The van der Waals surface area contributed by atoms with Crippen LogP contribution in [0.4, 0.5) is 0 Å². The second-order valence-electron chi connectivity index (χ2n) is 10.5. The monoisotopic (exact) mass is 526 g/mol. The molecule has 2 heterocycles. The standard InChI is InChI=1S/C30H30N4O3S/c1-18-6-8-20(9-7-18)25(35)26-24(19-10-12-22(13-11-19)28(36)37-5)33-34-27(31-32-29(34)38-26)21-14-16-23(17-15-21)30(2,3)4/h6-17,24,26,33H,1-5H3/t24-,26+/m0/s1. The molecule has 1 aliphatic heterocycles. The lowest BCUT2D eigenvalue weighted by atomic mass is 9.87. The Morgan fingerprint density at radius 3 is 2.13 bits per heavy atom. The molecule has 0 bridgehead atoms. The molecule has 0 radical (unpaired) electrons. The summed E-state index contributed by atoms with van der Waals surface area (Å²) < 4.78 is 6.70. The number of ketones is 1. The van der Waals surface area contributed by atoms with Gasteiger partial charge in [-0.05, 0) is 35.6 Å². The lowest BCUT2D eigenvalue weighted by Crippen LogP contribution is -2.39. The number of nitrogens with zero attached hydrogens (tertiary/aromatic N) is 3. The minimum atomic E-state index is -0.491. The van der Waals surface area contributed by atoms with Gasteiger partial charge in [-0.1, -0.05) is 98.8 Å². The maximum absolute atomic E-state index is 13.7. The molecule has 4 aromatic rings. The average Bonchev–Trinajstić information content (AvgIpc) is 3.34. The second kappa shape index (κ2) is 10.1. The van der Waals surface area contributed by atoms with Crippen LogP contribution in [0.1, 0.15) is 64.2 Å². The molecule has 0 saturated carbocycles. The van der Waals surface area contributed by atoms with E-state index in [4.69, 9.17) is 4.74 Å². The molecule has 38 heavy (non-hydrogen) atoms. The van der Waals surface area contributed by atoms with Gasteiger partial charge in [-0.3, -0.25) is 4.79 Å². The van der Waals surface area contributed by atoms with Crippen LogP contribution in [0.15, 0.2) is 78.0 Å². The van der Waals surface area contributed by atoms with Gasteiger partial charge in [0.1, 0.15) is 5.25 Å². The Kier molecular flexibility index (Phi) is 6.84. The van der Waals surface area contributed by atoms with Crippen molar-refractivity contribution in [1.82, 2.24) is 14.9 Å². The summed E-state index contributed by atoms with van der Waals surface area (Å²) in [7, 11) is 1.36. The fraction of sp³-hybridized carbons (Fsp3) is 0.267. The van der Waals surface area contributed by atoms with Crippen LogP contribution in [-0.2, 0) is 10.2 Å². The Balaban J connectivity index is 1.53. The summed E-state index contributed by atoms with van der Waals surface area (Å²) in [5.41, 5.74) is 8.75. The number of thioether (sulfide) groups is 1. The van der Waals surface area contributed by atoms with Crippen molar-refractivity contribution in [1.29, 1.82) is 0 Å². The molecule has 0 spiro atoms. The summed E-state index contributed by atoms with van der Waals surface area (Å²) >= 11 is 1.39. The Morgan fingerprint density at radius 2 is 1.53 bits per heavy atom. The zero-order chi connectivity index (χ0) is 27.0. The van der Waals surface area contributed by atoms with Gasteiger partial charge in [-0.2, -0.15) is 0 Å². The lowest BCUT2D eigenvalue weighted by Gasteiger charge is -2.33. The maximum atomic E-state index is 13.7. The quantitative estimate of drug-likeness (QED) is 0.253. The summed E-state index contributed by atoms with van der Waals surface area (Å²) in [5.74, 6) is 0.261. The molecular formula is C30H30N4O3S. The van der Waals surface area contributed by atoms with Crippen LogP contribution in [0.3, 0.4) is 0 Å². The van der Waals surface area contributed by atoms with Gasteiger partial charge in [0.05, 0.1) is 18.7 Å². The van der Waals surface area contributed by atoms with Gasteiger partial charge < -0.3 is 10.2 Å². The normalized spacial score (nSPS) is 16.9. The first-order valence-corrected chi connectivity index (χ1v) is 13.3. The Bertz CT molecular complexity index is 1470. The number of ether oxygens (including phenoxy) is 1. The summed E-state index contributed by atoms with van der Waals surface area (Å²) in [4.78, 5) is 25.7. The van der Waals surface area contributed by atoms with Gasteiger partial charge in [0.25, 0.3) is 0 Å². The van der Waals surface area contributed by atoms with Gasteiger partial charge in [0.2, 0.25) is 5.16 Å². The molecule has 1 aromatic heterocycles. The van der Waals surface area contributed by atoms with Gasteiger partial charge in [0, 0.05) is 11.1 Å². The lowest BCUT2D eigenvalue weighted by molar-refractivity contribution is 0.0600. The van der Waals surface area contributed by atoms with Gasteiger partial charge >= 0.3 is 5.97 Å². The second-order valence-corrected chi connectivity index (χ2v) is 11.6. The van der Waals surface area contributed by atoms with Crippen molar-refractivity contribution in [3.05, 3.63) is 101 Å². The third kappa shape index (κ3) is 4.96. The SMILES string of the molecule is COC(=O)c1ccc([C@@H]2Nn3c(nnc3-c3ccc(C(C)(C)C)cc3)S[C@H]2C(=O)c2ccc(C)cc2)cc1. The Morgan fingerprint density at radius 1 is 0.895 bits per heavy atom. The zero-order valence-electron chi connectivity index (χ0n) is 22.1. The maximum Gasteiger partial charge on any atom is 0.337 e. The predicted molar refractivity (Wildman–Crippen MR) is 149 cm³/mol. The fourth-order valence-electron chi connectivity index (χ4n) is 4.44. The van der Waals surface area contributed by atoms with Crippen molar-refractivity contribution in [2.45, 2.75) is 49.6 Å². The molecule has 0 aliphatic carbocycles. The number of esters is 1. The first-order chi connectivity index (χ1) is 18.2. The highest BCUT2D eigenvalue weighted by Crippen LogP contribution is 2.40. The molecule has 2 atom stereocenters. The molecule has 0 amide bonds. The molecule has 3 aromatic carbocycles. The van der Waals surface area contributed by atoms with Crippen molar-refractivity contribution in [3.8, 4) is 11.4 Å². The van der Waals surface area contributed by atoms with Gasteiger partial charge in [-0.25, -0.2) is 9.47 Å². The molecule has 1 N–H and O–H groups in total. The van der Waals surface area contributed by atoms with E-state index in [9.17, 15) is 9.59 Å². The number of carbonyl (C=O) groups is 2. The first-order valence-electron chi connectivity index (χ1n) is 12.4. The van der Waals surface area contributed by atoms with Gasteiger partial charge in [0.15, 0.2) is 11.6 Å². The highest BCUT2D eigenvalue weighted by Gasteiger charge is 2.38. The van der Waals surface area contributed by atoms with E-state index in [1.54, 1.807) is 12.1 Å². The molecule has 0 fully saturated rings. The van der Waals surface area contributed by atoms with E-state index in [1.165, 1.54) is 24.4 Å². The minimum Gasteiger partial charge on any atom is -0.465 e. The summed E-state index contributed by atoms with van der Waals surface area (Å²) in [5, 5.41) is 9.02. The third-order valence-corrected chi connectivity index (χ3v) is 7.95. The third-order valence-electron chi connectivity index (χ3n) is 6.73. The molecule has 194 valence electrons. The van der Waals surface area contributed by atoms with E-state index in [0.717, 1.165) is 16.7 Å². The number of aromatic nitrogens is 3. The number of fused-ring (bicyclic) bond motifs is 1. The smallest absolute Gasteiger partial charge is 0.337 e. The molecule has 8 heteroatoms. The number of carbonyl (C=O) groups excluding carboxylic acids is 2. The number of hydrogen-bond donors (Lipinski definition) is 1.